The summed E-state index contributed by atoms with van der Waals surface area (Å²) in [6.45, 7) is 4.15. The van der Waals surface area contributed by atoms with Crippen molar-refractivity contribution in [3.05, 3.63) is 11.6 Å². The Bertz CT molecular complexity index is 141. The SMILES string of the molecule is CCOC(=O)/C=C(\C)CI. The first-order valence-electron chi connectivity index (χ1n) is 3.10. The highest BCUT2D eigenvalue weighted by atomic mass is 127. The number of alkyl halides is 1. The van der Waals surface area contributed by atoms with Gasteiger partial charge in [-0.25, -0.2) is 4.79 Å². The minimum absolute atomic E-state index is 0.239. The van der Waals surface area contributed by atoms with Crippen molar-refractivity contribution in [3.63, 3.8) is 0 Å². The van der Waals surface area contributed by atoms with Crippen molar-refractivity contribution in [2.45, 2.75) is 13.8 Å². The van der Waals surface area contributed by atoms with Gasteiger partial charge in [0.25, 0.3) is 0 Å². The zero-order chi connectivity index (χ0) is 7.98. The maximum Gasteiger partial charge on any atom is 0.330 e. The second-order valence-corrected chi connectivity index (χ2v) is 2.64. The zero-order valence-electron chi connectivity index (χ0n) is 6.19. The van der Waals surface area contributed by atoms with Crippen LogP contribution in [0.5, 0.6) is 0 Å². The smallest absolute Gasteiger partial charge is 0.330 e. The standard InChI is InChI=1S/C7H11IO2/c1-3-10-7(9)4-6(2)5-8/h4H,3,5H2,1-2H3/b6-4+. The van der Waals surface area contributed by atoms with Gasteiger partial charge in [0.15, 0.2) is 0 Å². The van der Waals surface area contributed by atoms with Crippen molar-refractivity contribution in [2.24, 2.45) is 0 Å². The normalized spacial score (nSPS) is 11.3. The molecule has 0 saturated heterocycles. The summed E-state index contributed by atoms with van der Waals surface area (Å²) < 4.78 is 5.57. The van der Waals surface area contributed by atoms with Crippen molar-refractivity contribution >= 4 is 28.6 Å². The highest BCUT2D eigenvalue weighted by Crippen LogP contribution is 1.98. The van der Waals surface area contributed by atoms with Crippen LogP contribution in [0.25, 0.3) is 0 Å². The topological polar surface area (TPSA) is 26.3 Å². The van der Waals surface area contributed by atoms with E-state index in [0.29, 0.717) is 6.61 Å². The fourth-order valence-electron chi connectivity index (χ4n) is 0.424. The average Bonchev–Trinajstić information content (AvgIpc) is 1.88. The first kappa shape index (κ1) is 9.94. The van der Waals surface area contributed by atoms with Gasteiger partial charge in [-0.2, -0.15) is 0 Å². The van der Waals surface area contributed by atoms with Gasteiger partial charge < -0.3 is 4.74 Å². The molecule has 0 rings (SSSR count). The Labute approximate surface area is 74.8 Å². The lowest BCUT2D eigenvalue weighted by molar-refractivity contribution is -0.137. The van der Waals surface area contributed by atoms with Crippen LogP contribution in [0, 0.1) is 0 Å². The van der Waals surface area contributed by atoms with E-state index in [4.69, 9.17) is 4.74 Å². The summed E-state index contributed by atoms with van der Waals surface area (Å²) in [6, 6.07) is 0. The molecular weight excluding hydrogens is 243 g/mol. The van der Waals surface area contributed by atoms with Crippen LogP contribution in [0.2, 0.25) is 0 Å². The number of rotatable bonds is 3. The Morgan fingerprint density at radius 2 is 2.30 bits per heavy atom. The number of carbonyl (C=O) groups is 1. The molecule has 0 fully saturated rings. The van der Waals surface area contributed by atoms with E-state index in [2.05, 4.69) is 22.6 Å². The Balaban J connectivity index is 3.75. The first-order valence-corrected chi connectivity index (χ1v) is 4.63. The molecule has 0 aromatic carbocycles. The summed E-state index contributed by atoms with van der Waals surface area (Å²) >= 11 is 2.20. The van der Waals surface area contributed by atoms with Crippen LogP contribution >= 0.6 is 22.6 Å². The van der Waals surface area contributed by atoms with E-state index in [-0.39, 0.29) is 5.97 Å². The third kappa shape index (κ3) is 4.78. The number of esters is 1. The largest absolute Gasteiger partial charge is 0.463 e. The van der Waals surface area contributed by atoms with Crippen LogP contribution in [0.1, 0.15) is 13.8 Å². The number of ether oxygens (including phenoxy) is 1. The van der Waals surface area contributed by atoms with E-state index in [1.807, 2.05) is 6.92 Å². The van der Waals surface area contributed by atoms with Gasteiger partial charge in [-0.1, -0.05) is 28.2 Å². The molecule has 0 aliphatic carbocycles. The summed E-state index contributed by atoms with van der Waals surface area (Å²) in [5.41, 5.74) is 1.04. The lowest BCUT2D eigenvalue weighted by atomic mass is 10.3. The summed E-state index contributed by atoms with van der Waals surface area (Å²) in [6.07, 6.45) is 1.52. The maximum absolute atomic E-state index is 10.7. The van der Waals surface area contributed by atoms with E-state index in [1.165, 1.54) is 6.08 Å². The Hall–Kier alpha value is -0.0600. The maximum atomic E-state index is 10.7. The van der Waals surface area contributed by atoms with Gasteiger partial charge in [0.1, 0.15) is 0 Å². The molecule has 0 aromatic rings. The van der Waals surface area contributed by atoms with Crippen LogP contribution in [0.15, 0.2) is 11.6 Å². The molecule has 0 atom stereocenters. The van der Waals surface area contributed by atoms with E-state index in [1.54, 1.807) is 6.92 Å². The van der Waals surface area contributed by atoms with Gasteiger partial charge in [-0.3, -0.25) is 0 Å². The van der Waals surface area contributed by atoms with Crippen molar-refractivity contribution in [1.82, 2.24) is 0 Å². The number of carbonyl (C=O) groups excluding carboxylic acids is 1. The molecule has 0 radical (unpaired) electrons. The summed E-state index contributed by atoms with van der Waals surface area (Å²) in [7, 11) is 0. The van der Waals surface area contributed by atoms with Crippen molar-refractivity contribution < 1.29 is 9.53 Å². The van der Waals surface area contributed by atoms with E-state index in [9.17, 15) is 4.79 Å². The van der Waals surface area contributed by atoms with Crippen LogP contribution in [-0.2, 0) is 9.53 Å². The van der Waals surface area contributed by atoms with Gasteiger partial charge in [0, 0.05) is 10.5 Å². The molecule has 0 aliphatic rings. The minimum atomic E-state index is -0.239. The second kappa shape index (κ2) is 5.70. The molecule has 0 aromatic heterocycles. The molecule has 0 spiro atoms. The number of allylic oxidation sites excluding steroid dienone is 1. The first-order chi connectivity index (χ1) is 4.70. The number of halogens is 1. The van der Waals surface area contributed by atoms with Crippen molar-refractivity contribution in [3.8, 4) is 0 Å². The Kier molecular flexibility index (Phi) is 5.67. The van der Waals surface area contributed by atoms with Crippen LogP contribution in [0.4, 0.5) is 0 Å². The van der Waals surface area contributed by atoms with Gasteiger partial charge >= 0.3 is 5.97 Å². The van der Waals surface area contributed by atoms with Gasteiger partial charge in [-0.15, -0.1) is 0 Å². The van der Waals surface area contributed by atoms with Crippen molar-refractivity contribution in [1.29, 1.82) is 0 Å². The average molecular weight is 254 g/mol. The molecular formula is C7H11IO2. The summed E-state index contributed by atoms with van der Waals surface area (Å²) in [5, 5.41) is 0. The molecule has 10 heavy (non-hydrogen) atoms. The third-order valence-electron chi connectivity index (χ3n) is 0.862. The lowest BCUT2D eigenvalue weighted by Gasteiger charge is -1.96. The number of hydrogen-bond acceptors (Lipinski definition) is 2. The quantitative estimate of drug-likeness (QED) is 0.333. The molecule has 0 saturated carbocycles. The third-order valence-corrected chi connectivity index (χ3v) is 2.06. The Morgan fingerprint density at radius 3 is 2.70 bits per heavy atom. The lowest BCUT2D eigenvalue weighted by Crippen LogP contribution is -2.00. The Morgan fingerprint density at radius 1 is 1.70 bits per heavy atom. The molecule has 58 valence electrons. The molecule has 0 bridgehead atoms. The fraction of sp³-hybridized carbons (Fsp3) is 0.571. The van der Waals surface area contributed by atoms with Crippen LogP contribution in [0.3, 0.4) is 0 Å². The van der Waals surface area contributed by atoms with Crippen LogP contribution < -0.4 is 0 Å². The van der Waals surface area contributed by atoms with E-state index < -0.39 is 0 Å². The van der Waals surface area contributed by atoms with Crippen LogP contribution in [-0.4, -0.2) is 17.0 Å². The van der Waals surface area contributed by atoms with Gasteiger partial charge in [-0.05, 0) is 13.8 Å². The van der Waals surface area contributed by atoms with E-state index in [0.717, 1.165) is 10.0 Å². The summed E-state index contributed by atoms with van der Waals surface area (Å²) in [5.74, 6) is -0.239. The highest BCUT2D eigenvalue weighted by Gasteiger charge is 1.95. The molecule has 2 nitrogen and oxygen atoms in total. The molecule has 0 amide bonds. The van der Waals surface area contributed by atoms with Gasteiger partial charge in [0.2, 0.25) is 0 Å². The monoisotopic (exact) mass is 254 g/mol. The van der Waals surface area contributed by atoms with Crippen molar-refractivity contribution in [2.75, 3.05) is 11.0 Å². The number of hydrogen-bond donors (Lipinski definition) is 0. The minimum Gasteiger partial charge on any atom is -0.463 e. The second-order valence-electron chi connectivity index (χ2n) is 1.88. The molecule has 0 N–H and O–H groups in total. The predicted molar refractivity (Wildman–Crippen MR) is 49.3 cm³/mol. The highest BCUT2D eigenvalue weighted by molar-refractivity contribution is 14.1. The molecule has 0 aliphatic heterocycles. The fourth-order valence-corrected chi connectivity index (χ4v) is 0.644. The molecule has 3 heteroatoms. The molecule has 0 unspecified atom stereocenters. The summed E-state index contributed by atoms with van der Waals surface area (Å²) in [4.78, 5) is 10.7. The zero-order valence-corrected chi connectivity index (χ0v) is 8.34. The van der Waals surface area contributed by atoms with E-state index >= 15 is 0 Å². The van der Waals surface area contributed by atoms with Gasteiger partial charge in [0.05, 0.1) is 6.61 Å². The predicted octanol–water partition coefficient (Wildman–Crippen LogP) is 1.93. The molecule has 0 heterocycles.